The van der Waals surface area contributed by atoms with E-state index in [4.69, 9.17) is 0 Å². The molecule has 1 aromatic heterocycles. The number of rotatable bonds is 5. The van der Waals surface area contributed by atoms with Gasteiger partial charge in [0.05, 0.1) is 6.20 Å². The van der Waals surface area contributed by atoms with Crippen LogP contribution in [-0.4, -0.2) is 15.5 Å². The van der Waals surface area contributed by atoms with E-state index in [2.05, 4.69) is 83.1 Å². The zero-order valence-corrected chi connectivity index (χ0v) is 18.0. The highest BCUT2D eigenvalue weighted by Crippen LogP contribution is 2.38. The van der Waals surface area contributed by atoms with Crippen LogP contribution in [0, 0.1) is 5.82 Å². The van der Waals surface area contributed by atoms with Crippen molar-refractivity contribution in [1.82, 2.24) is 15.3 Å². The summed E-state index contributed by atoms with van der Waals surface area (Å²) in [5, 5.41) is 9.84. The van der Waals surface area contributed by atoms with Crippen LogP contribution in [0.15, 0.2) is 60.1 Å². The summed E-state index contributed by atoms with van der Waals surface area (Å²) in [7, 11) is 0. The lowest BCUT2D eigenvalue weighted by molar-refractivity contribution is 0.446. The summed E-state index contributed by atoms with van der Waals surface area (Å²) in [6.07, 6.45) is 3.94. The molecule has 5 rings (SSSR count). The van der Waals surface area contributed by atoms with E-state index >= 15 is 0 Å². The number of allylic oxidation sites excluding steroid dienone is 2. The van der Waals surface area contributed by atoms with Crippen molar-refractivity contribution < 1.29 is 4.39 Å². The molecular formula is C25H26FN5. The molecule has 1 heterocycles. The molecule has 0 fully saturated rings. The molecule has 2 aliphatic rings. The molecular weight excluding hydrogens is 389 g/mol. The highest BCUT2D eigenvalue weighted by atomic mass is 19.1. The number of anilines is 3. The number of hydrogen-bond donors (Lipinski definition) is 3. The van der Waals surface area contributed by atoms with E-state index in [0.29, 0.717) is 5.95 Å². The predicted octanol–water partition coefficient (Wildman–Crippen LogP) is 5.74. The molecule has 0 atom stereocenters. The lowest BCUT2D eigenvalue weighted by Crippen LogP contribution is -2.39. The summed E-state index contributed by atoms with van der Waals surface area (Å²) in [6, 6.07) is 14.7. The highest BCUT2D eigenvalue weighted by Gasteiger charge is 2.23. The Bertz CT molecular complexity index is 1190. The van der Waals surface area contributed by atoms with Gasteiger partial charge in [-0.15, -0.1) is 0 Å². The maximum Gasteiger partial charge on any atom is 0.229 e. The van der Waals surface area contributed by atoms with Gasteiger partial charge in [-0.2, -0.15) is 4.98 Å². The number of nitrogens with one attached hydrogen (secondary N) is 3. The molecule has 0 radical (unpaired) electrons. The molecule has 0 spiro atoms. The van der Waals surface area contributed by atoms with Gasteiger partial charge in [0.15, 0.2) is 11.6 Å². The minimum atomic E-state index is -0.468. The molecule has 0 saturated carbocycles. The number of fused-ring (bicyclic) bond motifs is 3. The third-order valence-corrected chi connectivity index (χ3v) is 5.58. The molecule has 0 unspecified atom stereocenters. The summed E-state index contributed by atoms with van der Waals surface area (Å²) < 4.78 is 14.4. The average Bonchev–Trinajstić information content (AvgIpc) is 3.09. The van der Waals surface area contributed by atoms with Crippen LogP contribution in [0.4, 0.5) is 21.8 Å². The van der Waals surface area contributed by atoms with E-state index in [1.807, 2.05) is 6.07 Å². The van der Waals surface area contributed by atoms with Crippen LogP contribution in [0.3, 0.4) is 0 Å². The van der Waals surface area contributed by atoms with E-state index in [1.165, 1.54) is 28.5 Å². The number of nitrogens with zero attached hydrogens (tertiary/aromatic N) is 2. The topological polar surface area (TPSA) is 61.9 Å². The van der Waals surface area contributed by atoms with Crippen LogP contribution >= 0.6 is 0 Å². The average molecular weight is 416 g/mol. The van der Waals surface area contributed by atoms with Gasteiger partial charge in [0.1, 0.15) is 0 Å². The van der Waals surface area contributed by atoms with E-state index in [9.17, 15) is 4.39 Å². The van der Waals surface area contributed by atoms with Gasteiger partial charge in [-0.3, -0.25) is 0 Å². The van der Waals surface area contributed by atoms with Crippen LogP contribution in [0.5, 0.6) is 0 Å². The smallest absolute Gasteiger partial charge is 0.229 e. The van der Waals surface area contributed by atoms with Gasteiger partial charge in [-0.25, -0.2) is 9.37 Å². The van der Waals surface area contributed by atoms with Crippen molar-refractivity contribution in [3.63, 3.8) is 0 Å². The molecule has 3 N–H and O–H groups in total. The highest BCUT2D eigenvalue weighted by molar-refractivity contribution is 5.79. The van der Waals surface area contributed by atoms with Gasteiger partial charge >= 0.3 is 0 Å². The molecule has 0 saturated heterocycles. The number of benzene rings is 2. The zero-order chi connectivity index (χ0) is 21.6. The molecule has 0 bridgehead atoms. The van der Waals surface area contributed by atoms with E-state index in [1.54, 1.807) is 0 Å². The van der Waals surface area contributed by atoms with Crippen LogP contribution in [0.25, 0.3) is 11.1 Å². The quantitative estimate of drug-likeness (QED) is 0.388. The fourth-order valence-electron chi connectivity index (χ4n) is 4.11. The van der Waals surface area contributed by atoms with Crippen LogP contribution in [0.1, 0.15) is 44.7 Å². The van der Waals surface area contributed by atoms with Crippen LogP contribution in [-0.2, 0) is 6.42 Å². The molecule has 5 nitrogen and oxygen atoms in total. The Morgan fingerprint density at radius 3 is 2.45 bits per heavy atom. The number of halogens is 1. The maximum atomic E-state index is 14.4. The Labute approximate surface area is 181 Å². The first-order valence-electron chi connectivity index (χ1n) is 10.6. The molecule has 6 heteroatoms. The lowest BCUT2D eigenvalue weighted by Gasteiger charge is -2.32. The van der Waals surface area contributed by atoms with Gasteiger partial charge in [0, 0.05) is 22.6 Å². The Hall–Kier alpha value is -3.41. The first kappa shape index (κ1) is 19.5. The molecule has 2 aliphatic carbocycles. The molecule has 31 heavy (non-hydrogen) atoms. The Morgan fingerprint density at radius 2 is 1.68 bits per heavy atom. The fourth-order valence-corrected chi connectivity index (χ4v) is 4.11. The third-order valence-electron chi connectivity index (χ3n) is 5.58. The summed E-state index contributed by atoms with van der Waals surface area (Å²) in [5.74, 6) is 0.0862. The van der Waals surface area contributed by atoms with E-state index in [-0.39, 0.29) is 11.4 Å². The normalized spacial score (nSPS) is 14.6. The third kappa shape index (κ3) is 3.98. The van der Waals surface area contributed by atoms with E-state index < -0.39 is 5.82 Å². The summed E-state index contributed by atoms with van der Waals surface area (Å²) in [5.41, 5.74) is 8.11. The van der Waals surface area contributed by atoms with Gasteiger partial charge in [-0.1, -0.05) is 30.3 Å². The molecule has 3 aromatic rings. The van der Waals surface area contributed by atoms with Crippen molar-refractivity contribution in [2.75, 3.05) is 10.6 Å². The minimum Gasteiger partial charge on any atom is -0.382 e. The van der Waals surface area contributed by atoms with Crippen molar-refractivity contribution in [2.45, 2.75) is 45.6 Å². The van der Waals surface area contributed by atoms with Crippen LogP contribution < -0.4 is 16.0 Å². The van der Waals surface area contributed by atoms with Gasteiger partial charge in [-0.05, 0) is 74.4 Å². The number of hydrogen-bond acceptors (Lipinski definition) is 5. The van der Waals surface area contributed by atoms with Crippen molar-refractivity contribution in [2.24, 2.45) is 0 Å². The summed E-state index contributed by atoms with van der Waals surface area (Å²) in [6.45, 7) is 6.33. The second-order valence-electron chi connectivity index (χ2n) is 9.18. The van der Waals surface area contributed by atoms with Crippen molar-refractivity contribution in [3.05, 3.63) is 77.0 Å². The Morgan fingerprint density at radius 1 is 0.903 bits per heavy atom. The van der Waals surface area contributed by atoms with Crippen molar-refractivity contribution in [1.29, 1.82) is 0 Å². The second-order valence-corrected chi connectivity index (χ2v) is 9.18. The fraction of sp³-hybridized carbons (Fsp3) is 0.280. The van der Waals surface area contributed by atoms with Crippen LogP contribution in [0.2, 0.25) is 0 Å². The Kier molecular flexibility index (Phi) is 4.65. The molecule has 0 aliphatic heterocycles. The van der Waals surface area contributed by atoms with Crippen molar-refractivity contribution >= 4 is 17.5 Å². The van der Waals surface area contributed by atoms with Gasteiger partial charge in [0.2, 0.25) is 5.95 Å². The number of aromatic nitrogens is 2. The first-order valence-corrected chi connectivity index (χ1v) is 10.6. The minimum absolute atomic E-state index is 0.0349. The summed E-state index contributed by atoms with van der Waals surface area (Å²) in [4.78, 5) is 8.51. The first-order chi connectivity index (χ1) is 14.9. The molecule has 0 amide bonds. The lowest BCUT2D eigenvalue weighted by atomic mass is 9.97. The Balaban J connectivity index is 1.35. The van der Waals surface area contributed by atoms with Gasteiger partial charge in [0.25, 0.3) is 0 Å². The molecule has 158 valence electrons. The van der Waals surface area contributed by atoms with E-state index in [0.717, 1.165) is 36.3 Å². The van der Waals surface area contributed by atoms with Crippen molar-refractivity contribution in [3.8, 4) is 11.1 Å². The van der Waals surface area contributed by atoms with Gasteiger partial charge < -0.3 is 16.0 Å². The predicted molar refractivity (Wildman–Crippen MR) is 123 cm³/mol. The summed E-state index contributed by atoms with van der Waals surface area (Å²) >= 11 is 0. The maximum absolute atomic E-state index is 14.4. The molecule has 2 aromatic carbocycles. The second kappa shape index (κ2) is 7.38. The largest absolute Gasteiger partial charge is 0.382 e. The monoisotopic (exact) mass is 415 g/mol. The zero-order valence-electron chi connectivity index (χ0n) is 18.0. The SMILES string of the molecule is CC(C)(C)NC1=C(Nc2nc(Nc3ccc4c(c3)Cc3ccccc3-4)ncc2F)CC1. The standard InChI is InChI=1S/C25H26FN5/c1-25(2,3)31-22-11-10-21(22)29-23-20(26)14-27-24(30-23)28-17-8-9-19-16(13-17)12-15-6-4-5-7-18(15)19/h4-9,13-14,31H,10-12H2,1-3H3,(H2,27,28,29,30).